The molecule has 0 saturated carbocycles. The molecule has 7 heteroatoms. The van der Waals surface area contributed by atoms with Gasteiger partial charge in [0.2, 0.25) is 0 Å². The number of benzene rings is 1. The van der Waals surface area contributed by atoms with Gasteiger partial charge in [0.15, 0.2) is 0 Å². The number of carbonyl (C=O) groups excluding carboxylic acids is 1. The molecule has 0 aliphatic heterocycles. The van der Waals surface area contributed by atoms with Crippen LogP contribution < -0.4 is 5.32 Å². The van der Waals surface area contributed by atoms with Crippen LogP contribution in [0.15, 0.2) is 43.0 Å². The van der Waals surface area contributed by atoms with Crippen molar-refractivity contribution >= 4 is 11.6 Å². The molecule has 0 aliphatic carbocycles. The average molecular weight is 274 g/mol. The summed E-state index contributed by atoms with van der Waals surface area (Å²) in [5, 5.41) is 13.4. The van der Waals surface area contributed by atoms with Crippen LogP contribution in [0.4, 0.5) is 5.69 Å². The van der Waals surface area contributed by atoms with Crippen LogP contribution in [-0.2, 0) is 6.54 Å². The number of hydrogen-bond acceptors (Lipinski definition) is 4. The number of non-ortho nitro benzene ring substituents is 1. The van der Waals surface area contributed by atoms with E-state index < -0.39 is 4.92 Å². The number of aryl methyl sites for hydroxylation is 1. The second kappa shape index (κ2) is 6.46. The second-order valence-electron chi connectivity index (χ2n) is 4.22. The van der Waals surface area contributed by atoms with Crippen LogP contribution in [0, 0.1) is 10.1 Å². The van der Waals surface area contributed by atoms with Crippen LogP contribution in [0.1, 0.15) is 16.8 Å². The van der Waals surface area contributed by atoms with E-state index in [9.17, 15) is 14.9 Å². The monoisotopic (exact) mass is 274 g/mol. The molecule has 0 saturated heterocycles. The molecule has 0 unspecified atom stereocenters. The van der Waals surface area contributed by atoms with E-state index in [1.807, 2.05) is 10.8 Å². The molecule has 0 fully saturated rings. The van der Waals surface area contributed by atoms with Crippen LogP contribution in [-0.4, -0.2) is 26.9 Å². The molecule has 0 aliphatic rings. The van der Waals surface area contributed by atoms with Crippen LogP contribution >= 0.6 is 0 Å². The Kier molecular flexibility index (Phi) is 4.43. The van der Waals surface area contributed by atoms with E-state index >= 15 is 0 Å². The molecule has 0 spiro atoms. The lowest BCUT2D eigenvalue weighted by molar-refractivity contribution is -0.384. The van der Waals surface area contributed by atoms with Gasteiger partial charge >= 0.3 is 0 Å². The van der Waals surface area contributed by atoms with Gasteiger partial charge in [-0.25, -0.2) is 4.98 Å². The van der Waals surface area contributed by atoms with Crippen molar-refractivity contribution in [3.63, 3.8) is 0 Å². The highest BCUT2D eigenvalue weighted by molar-refractivity contribution is 5.94. The first kappa shape index (κ1) is 13.7. The Morgan fingerprint density at radius 1 is 1.45 bits per heavy atom. The lowest BCUT2D eigenvalue weighted by Gasteiger charge is -2.05. The summed E-state index contributed by atoms with van der Waals surface area (Å²) < 4.78 is 1.92. The molecule has 1 aromatic heterocycles. The highest BCUT2D eigenvalue weighted by Gasteiger charge is 2.10. The summed E-state index contributed by atoms with van der Waals surface area (Å²) in [6.45, 7) is 1.26. The second-order valence-corrected chi connectivity index (χ2v) is 4.22. The molecule has 104 valence electrons. The summed E-state index contributed by atoms with van der Waals surface area (Å²) >= 11 is 0. The fourth-order valence-corrected chi connectivity index (χ4v) is 1.75. The molecule has 2 aromatic rings. The van der Waals surface area contributed by atoms with E-state index in [1.165, 1.54) is 18.2 Å². The third-order valence-electron chi connectivity index (χ3n) is 2.76. The fraction of sp³-hybridized carbons (Fsp3) is 0.231. The predicted molar refractivity (Wildman–Crippen MR) is 72.3 cm³/mol. The first-order valence-electron chi connectivity index (χ1n) is 6.15. The van der Waals surface area contributed by atoms with Gasteiger partial charge in [0, 0.05) is 43.2 Å². The zero-order chi connectivity index (χ0) is 14.4. The van der Waals surface area contributed by atoms with Gasteiger partial charge in [-0.1, -0.05) is 6.07 Å². The van der Waals surface area contributed by atoms with Gasteiger partial charge in [0.25, 0.3) is 11.6 Å². The van der Waals surface area contributed by atoms with Gasteiger partial charge in [-0.3, -0.25) is 14.9 Å². The minimum atomic E-state index is -0.518. The summed E-state index contributed by atoms with van der Waals surface area (Å²) in [6, 6.07) is 5.68. The van der Waals surface area contributed by atoms with Gasteiger partial charge < -0.3 is 9.88 Å². The Balaban J connectivity index is 1.82. The van der Waals surface area contributed by atoms with Crippen LogP contribution in [0.2, 0.25) is 0 Å². The van der Waals surface area contributed by atoms with Crippen molar-refractivity contribution in [2.75, 3.05) is 6.54 Å². The summed E-state index contributed by atoms with van der Waals surface area (Å²) in [5.74, 6) is -0.306. The Bertz CT molecular complexity index is 595. The molecule has 20 heavy (non-hydrogen) atoms. The number of nitro groups is 1. The molecule has 0 bridgehead atoms. The standard InChI is InChI=1S/C13H14N4O3/c18-13(11-3-1-4-12(9-11)17(19)20)15-5-2-7-16-8-6-14-10-16/h1,3-4,6,8-10H,2,5,7H2,(H,15,18). The topological polar surface area (TPSA) is 90.1 Å². The molecule has 1 amide bonds. The van der Waals surface area contributed by atoms with Crippen molar-refractivity contribution in [3.05, 3.63) is 58.7 Å². The number of hydrogen-bond donors (Lipinski definition) is 1. The van der Waals surface area contributed by atoms with Gasteiger partial charge in [0.05, 0.1) is 11.3 Å². The van der Waals surface area contributed by atoms with E-state index in [2.05, 4.69) is 10.3 Å². The van der Waals surface area contributed by atoms with E-state index in [1.54, 1.807) is 18.6 Å². The van der Waals surface area contributed by atoms with E-state index in [-0.39, 0.29) is 11.6 Å². The maximum absolute atomic E-state index is 11.8. The Morgan fingerprint density at radius 3 is 3.00 bits per heavy atom. The first-order valence-corrected chi connectivity index (χ1v) is 6.15. The minimum absolute atomic E-state index is 0.0870. The van der Waals surface area contributed by atoms with Crippen LogP contribution in [0.3, 0.4) is 0 Å². The Morgan fingerprint density at radius 2 is 2.30 bits per heavy atom. The molecule has 0 atom stereocenters. The fourth-order valence-electron chi connectivity index (χ4n) is 1.75. The van der Waals surface area contributed by atoms with Gasteiger partial charge in [0.1, 0.15) is 0 Å². The van der Waals surface area contributed by atoms with Gasteiger partial charge in [-0.2, -0.15) is 0 Å². The predicted octanol–water partition coefficient (Wildman–Crippen LogP) is 1.61. The number of carbonyl (C=O) groups is 1. The zero-order valence-electron chi connectivity index (χ0n) is 10.7. The number of rotatable bonds is 6. The number of nitro benzene ring substituents is 1. The normalized spacial score (nSPS) is 10.2. The van der Waals surface area contributed by atoms with Crippen LogP contribution in [0.25, 0.3) is 0 Å². The molecule has 7 nitrogen and oxygen atoms in total. The number of aromatic nitrogens is 2. The summed E-state index contributed by atoms with van der Waals surface area (Å²) in [4.78, 5) is 25.9. The maximum atomic E-state index is 11.8. The van der Waals surface area contributed by atoms with E-state index in [4.69, 9.17) is 0 Å². The highest BCUT2D eigenvalue weighted by atomic mass is 16.6. The van der Waals surface area contributed by atoms with Crippen molar-refractivity contribution in [1.82, 2.24) is 14.9 Å². The summed E-state index contributed by atoms with van der Waals surface area (Å²) in [5.41, 5.74) is 0.206. The van der Waals surface area contributed by atoms with Gasteiger partial charge in [-0.05, 0) is 12.5 Å². The summed E-state index contributed by atoms with van der Waals surface area (Å²) in [6.07, 6.45) is 6.02. The lowest BCUT2D eigenvalue weighted by Crippen LogP contribution is -2.25. The smallest absolute Gasteiger partial charge is 0.270 e. The van der Waals surface area contributed by atoms with Crippen LogP contribution in [0.5, 0.6) is 0 Å². The highest BCUT2D eigenvalue weighted by Crippen LogP contribution is 2.12. The van der Waals surface area contributed by atoms with Crippen molar-refractivity contribution < 1.29 is 9.72 Å². The molecule has 0 radical (unpaired) electrons. The molecule has 1 N–H and O–H groups in total. The van der Waals surface area contributed by atoms with E-state index in [0.29, 0.717) is 12.1 Å². The quantitative estimate of drug-likeness (QED) is 0.492. The molecule has 1 aromatic carbocycles. The number of imidazole rings is 1. The minimum Gasteiger partial charge on any atom is -0.352 e. The van der Waals surface area contributed by atoms with E-state index in [0.717, 1.165) is 13.0 Å². The average Bonchev–Trinajstić information content (AvgIpc) is 2.96. The Hall–Kier alpha value is -2.70. The van der Waals surface area contributed by atoms with Gasteiger partial charge in [-0.15, -0.1) is 0 Å². The first-order chi connectivity index (χ1) is 9.66. The molecule has 2 rings (SSSR count). The SMILES string of the molecule is O=C(NCCCn1ccnc1)c1cccc([N+](=O)[O-])c1. The third-order valence-corrected chi connectivity index (χ3v) is 2.76. The van der Waals surface area contributed by atoms with Crippen molar-refractivity contribution in [2.45, 2.75) is 13.0 Å². The molecular formula is C13H14N4O3. The third kappa shape index (κ3) is 3.64. The van der Waals surface area contributed by atoms with Crippen molar-refractivity contribution in [3.8, 4) is 0 Å². The molecular weight excluding hydrogens is 260 g/mol. The summed E-state index contributed by atoms with van der Waals surface area (Å²) in [7, 11) is 0. The number of nitrogens with one attached hydrogen (secondary N) is 1. The molecule has 1 heterocycles. The Labute approximate surface area is 115 Å². The van der Waals surface area contributed by atoms with Crippen molar-refractivity contribution in [2.24, 2.45) is 0 Å². The lowest BCUT2D eigenvalue weighted by atomic mass is 10.2. The maximum Gasteiger partial charge on any atom is 0.270 e. The zero-order valence-corrected chi connectivity index (χ0v) is 10.7. The number of amides is 1. The number of nitrogens with zero attached hydrogens (tertiary/aromatic N) is 3. The largest absolute Gasteiger partial charge is 0.352 e. The van der Waals surface area contributed by atoms with Crippen molar-refractivity contribution in [1.29, 1.82) is 0 Å².